The van der Waals surface area contributed by atoms with Crippen LogP contribution in [0, 0.1) is 5.82 Å². The summed E-state index contributed by atoms with van der Waals surface area (Å²) in [6, 6.07) is 9.85. The molecule has 0 aliphatic carbocycles. The van der Waals surface area contributed by atoms with Crippen molar-refractivity contribution in [3.8, 4) is 0 Å². The van der Waals surface area contributed by atoms with Crippen molar-refractivity contribution in [3.05, 3.63) is 67.9 Å². The first-order chi connectivity index (χ1) is 8.97. The minimum Gasteiger partial charge on any atom is -0.388 e. The minimum atomic E-state index is -0.844. The molecule has 1 N–H and O–H groups in total. The molecule has 0 fully saturated rings. The molecule has 0 aliphatic heterocycles. The predicted octanol–water partition coefficient (Wildman–Crippen LogP) is 5.17. The summed E-state index contributed by atoms with van der Waals surface area (Å²) in [4.78, 5) is 0. The standard InChI is InChI=1S/C14H10BrCl2FO/c15-10-4-9(5-11(16)7-10)13(19)6-8-2-1-3-12(17)14(8)18/h1-5,7,13,19H,6H2. The number of hydrogen-bond acceptors (Lipinski definition) is 1. The van der Waals surface area contributed by atoms with Crippen LogP contribution in [-0.4, -0.2) is 5.11 Å². The van der Waals surface area contributed by atoms with E-state index in [2.05, 4.69) is 15.9 Å². The molecule has 100 valence electrons. The zero-order chi connectivity index (χ0) is 14.0. The summed E-state index contributed by atoms with van der Waals surface area (Å²) >= 11 is 14.9. The quantitative estimate of drug-likeness (QED) is 0.797. The third-order valence-corrected chi connectivity index (χ3v) is 3.68. The summed E-state index contributed by atoms with van der Waals surface area (Å²) in [7, 11) is 0. The molecule has 1 unspecified atom stereocenters. The lowest BCUT2D eigenvalue weighted by Crippen LogP contribution is -2.04. The first-order valence-electron chi connectivity index (χ1n) is 5.54. The highest BCUT2D eigenvalue weighted by atomic mass is 79.9. The number of aliphatic hydroxyl groups excluding tert-OH is 1. The molecular formula is C14H10BrCl2FO. The van der Waals surface area contributed by atoms with Crippen LogP contribution in [0.4, 0.5) is 4.39 Å². The van der Waals surface area contributed by atoms with Crippen LogP contribution in [0.25, 0.3) is 0 Å². The number of benzene rings is 2. The number of halogens is 4. The zero-order valence-corrected chi connectivity index (χ0v) is 12.8. The largest absolute Gasteiger partial charge is 0.388 e. The smallest absolute Gasteiger partial charge is 0.145 e. The highest BCUT2D eigenvalue weighted by Crippen LogP contribution is 2.27. The van der Waals surface area contributed by atoms with Crippen molar-refractivity contribution in [1.29, 1.82) is 0 Å². The van der Waals surface area contributed by atoms with Gasteiger partial charge in [0, 0.05) is 15.9 Å². The Bertz CT molecular complexity index is 584. The van der Waals surface area contributed by atoms with Crippen molar-refractivity contribution in [2.75, 3.05) is 0 Å². The summed E-state index contributed by atoms with van der Waals surface area (Å²) < 4.78 is 14.5. The Morgan fingerprint density at radius 3 is 2.63 bits per heavy atom. The van der Waals surface area contributed by atoms with Gasteiger partial charge in [-0.3, -0.25) is 0 Å². The van der Waals surface area contributed by atoms with Crippen molar-refractivity contribution in [2.24, 2.45) is 0 Å². The van der Waals surface area contributed by atoms with Gasteiger partial charge in [-0.2, -0.15) is 0 Å². The summed E-state index contributed by atoms with van der Waals surface area (Å²) in [6.07, 6.45) is -0.706. The van der Waals surface area contributed by atoms with Crippen LogP contribution >= 0.6 is 39.1 Å². The fourth-order valence-corrected chi connectivity index (χ4v) is 2.88. The predicted molar refractivity (Wildman–Crippen MR) is 79.2 cm³/mol. The fraction of sp³-hybridized carbons (Fsp3) is 0.143. The molecule has 19 heavy (non-hydrogen) atoms. The second kappa shape index (κ2) is 6.23. The van der Waals surface area contributed by atoms with Gasteiger partial charge in [-0.1, -0.05) is 51.3 Å². The average molecular weight is 364 g/mol. The second-order valence-corrected chi connectivity index (χ2v) is 5.89. The van der Waals surface area contributed by atoms with Crippen LogP contribution in [0.1, 0.15) is 17.2 Å². The van der Waals surface area contributed by atoms with Gasteiger partial charge in [0.05, 0.1) is 11.1 Å². The maximum Gasteiger partial charge on any atom is 0.145 e. The summed E-state index contributed by atoms with van der Waals surface area (Å²) in [5.41, 5.74) is 0.995. The third kappa shape index (κ3) is 3.69. The van der Waals surface area contributed by atoms with Gasteiger partial charge in [-0.25, -0.2) is 4.39 Å². The first kappa shape index (κ1) is 14.8. The van der Waals surface area contributed by atoms with Crippen LogP contribution in [0.15, 0.2) is 40.9 Å². The Kier molecular flexibility index (Phi) is 4.85. The maximum atomic E-state index is 13.8. The normalized spacial score (nSPS) is 12.5. The minimum absolute atomic E-state index is 0.0528. The number of aliphatic hydroxyl groups is 1. The van der Waals surface area contributed by atoms with E-state index in [1.807, 2.05) is 0 Å². The van der Waals surface area contributed by atoms with Crippen molar-refractivity contribution in [1.82, 2.24) is 0 Å². The molecule has 0 saturated heterocycles. The molecule has 0 radical (unpaired) electrons. The van der Waals surface area contributed by atoms with Gasteiger partial charge in [0.1, 0.15) is 5.82 Å². The molecule has 0 bridgehead atoms. The summed E-state index contributed by atoms with van der Waals surface area (Å²) in [6.45, 7) is 0. The maximum absolute atomic E-state index is 13.8. The van der Waals surface area contributed by atoms with Crippen LogP contribution < -0.4 is 0 Å². The van der Waals surface area contributed by atoms with E-state index >= 15 is 0 Å². The van der Waals surface area contributed by atoms with Gasteiger partial charge in [0.15, 0.2) is 0 Å². The van der Waals surface area contributed by atoms with E-state index in [0.29, 0.717) is 16.1 Å². The monoisotopic (exact) mass is 362 g/mol. The molecule has 0 spiro atoms. The van der Waals surface area contributed by atoms with Crippen molar-refractivity contribution in [3.63, 3.8) is 0 Å². The molecule has 5 heteroatoms. The number of hydrogen-bond donors (Lipinski definition) is 1. The third-order valence-electron chi connectivity index (χ3n) is 2.71. The Balaban J connectivity index is 2.25. The molecule has 0 saturated carbocycles. The van der Waals surface area contributed by atoms with E-state index in [1.54, 1.807) is 30.3 Å². The Morgan fingerprint density at radius 2 is 1.95 bits per heavy atom. The zero-order valence-electron chi connectivity index (χ0n) is 9.71. The van der Waals surface area contributed by atoms with Gasteiger partial charge in [0.25, 0.3) is 0 Å². The molecular weight excluding hydrogens is 354 g/mol. The van der Waals surface area contributed by atoms with E-state index < -0.39 is 11.9 Å². The molecule has 1 nitrogen and oxygen atoms in total. The molecule has 0 heterocycles. The Morgan fingerprint density at radius 1 is 1.21 bits per heavy atom. The van der Waals surface area contributed by atoms with E-state index in [4.69, 9.17) is 23.2 Å². The SMILES string of the molecule is OC(Cc1cccc(Cl)c1F)c1cc(Cl)cc(Br)c1. The van der Waals surface area contributed by atoms with Gasteiger partial charge in [0.2, 0.25) is 0 Å². The van der Waals surface area contributed by atoms with Gasteiger partial charge in [-0.15, -0.1) is 0 Å². The highest BCUT2D eigenvalue weighted by Gasteiger charge is 2.14. The molecule has 2 aromatic rings. The van der Waals surface area contributed by atoms with Crippen molar-refractivity contribution >= 4 is 39.1 Å². The van der Waals surface area contributed by atoms with E-state index in [1.165, 1.54) is 6.07 Å². The van der Waals surface area contributed by atoms with Crippen molar-refractivity contribution < 1.29 is 9.50 Å². The molecule has 1 atom stereocenters. The average Bonchev–Trinajstić information content (AvgIpc) is 2.33. The first-order valence-corrected chi connectivity index (χ1v) is 7.09. The topological polar surface area (TPSA) is 20.2 Å². The van der Waals surface area contributed by atoms with Crippen LogP contribution in [-0.2, 0) is 6.42 Å². The second-order valence-electron chi connectivity index (χ2n) is 4.14. The molecule has 0 amide bonds. The van der Waals surface area contributed by atoms with Crippen molar-refractivity contribution in [2.45, 2.75) is 12.5 Å². The van der Waals surface area contributed by atoms with Gasteiger partial charge < -0.3 is 5.11 Å². The van der Waals surface area contributed by atoms with Crippen LogP contribution in [0.5, 0.6) is 0 Å². The molecule has 2 aromatic carbocycles. The lowest BCUT2D eigenvalue weighted by atomic mass is 10.0. The Labute approximate surface area is 129 Å². The molecule has 0 aliphatic rings. The number of rotatable bonds is 3. The van der Waals surface area contributed by atoms with E-state index in [-0.39, 0.29) is 11.4 Å². The van der Waals surface area contributed by atoms with E-state index in [9.17, 15) is 9.50 Å². The highest BCUT2D eigenvalue weighted by molar-refractivity contribution is 9.10. The van der Waals surface area contributed by atoms with Gasteiger partial charge in [-0.05, 0) is 35.4 Å². The fourth-order valence-electron chi connectivity index (χ4n) is 1.80. The molecule has 2 rings (SSSR count). The lowest BCUT2D eigenvalue weighted by Gasteiger charge is -2.13. The Hall–Kier alpha value is -0.610. The van der Waals surface area contributed by atoms with Gasteiger partial charge >= 0.3 is 0 Å². The summed E-state index contributed by atoms with van der Waals surface area (Å²) in [5, 5.41) is 10.7. The van der Waals surface area contributed by atoms with Crippen LogP contribution in [0.2, 0.25) is 10.0 Å². The van der Waals surface area contributed by atoms with E-state index in [0.717, 1.165) is 4.47 Å². The summed E-state index contributed by atoms with van der Waals surface area (Å²) in [5.74, 6) is -0.496. The molecule has 0 aromatic heterocycles. The van der Waals surface area contributed by atoms with Crippen LogP contribution in [0.3, 0.4) is 0 Å². The lowest BCUT2D eigenvalue weighted by molar-refractivity contribution is 0.177.